The first-order valence-electron chi connectivity index (χ1n) is 4.70. The third-order valence-corrected chi connectivity index (χ3v) is 2.21. The van der Waals surface area contributed by atoms with E-state index in [1.807, 2.05) is 0 Å². The van der Waals surface area contributed by atoms with Crippen LogP contribution in [0.15, 0.2) is 23.2 Å². The number of ketones is 1. The molecule has 1 N–H and O–H groups in total. The van der Waals surface area contributed by atoms with E-state index in [2.05, 4.69) is 4.99 Å². The van der Waals surface area contributed by atoms with Gasteiger partial charge in [0, 0.05) is 5.56 Å². The Bertz CT molecular complexity index is 437. The van der Waals surface area contributed by atoms with Crippen molar-refractivity contribution in [2.75, 3.05) is 13.2 Å². The molecule has 0 unspecified atom stereocenters. The van der Waals surface area contributed by atoms with Gasteiger partial charge in [-0.05, 0) is 25.1 Å². The molecule has 0 aromatic heterocycles. The molecule has 1 aliphatic rings. The molecular formula is C11H11NO3. The average Bonchev–Trinajstić information content (AvgIpc) is 2.71. The number of aromatic hydroxyl groups is 1. The number of Topliss-reactive ketones (excluding diaryl/α,β-unsaturated/α-hetero) is 1. The first-order chi connectivity index (χ1) is 7.18. The van der Waals surface area contributed by atoms with Crippen molar-refractivity contribution in [2.45, 2.75) is 6.92 Å². The summed E-state index contributed by atoms with van der Waals surface area (Å²) in [6, 6.07) is 4.77. The van der Waals surface area contributed by atoms with Crippen molar-refractivity contribution >= 4 is 11.7 Å². The van der Waals surface area contributed by atoms with Crippen LogP contribution in [-0.2, 0) is 4.74 Å². The van der Waals surface area contributed by atoms with Gasteiger partial charge in [-0.2, -0.15) is 0 Å². The van der Waals surface area contributed by atoms with Crippen molar-refractivity contribution in [3.05, 3.63) is 29.3 Å². The maximum absolute atomic E-state index is 11.2. The first kappa shape index (κ1) is 9.71. The summed E-state index contributed by atoms with van der Waals surface area (Å²) < 4.78 is 5.27. The molecule has 4 nitrogen and oxygen atoms in total. The van der Waals surface area contributed by atoms with Crippen LogP contribution >= 0.6 is 0 Å². The molecule has 0 atom stereocenters. The van der Waals surface area contributed by atoms with Crippen LogP contribution in [0.4, 0.5) is 0 Å². The van der Waals surface area contributed by atoms with Crippen LogP contribution < -0.4 is 0 Å². The highest BCUT2D eigenvalue weighted by Gasteiger charge is 2.14. The maximum atomic E-state index is 11.2. The molecule has 1 aliphatic heterocycles. The summed E-state index contributed by atoms with van der Waals surface area (Å²) in [7, 11) is 0. The van der Waals surface area contributed by atoms with Crippen LogP contribution in [0.25, 0.3) is 0 Å². The molecule has 15 heavy (non-hydrogen) atoms. The number of hydrogen-bond donors (Lipinski definition) is 1. The van der Waals surface area contributed by atoms with E-state index in [0.717, 1.165) is 5.56 Å². The Hall–Kier alpha value is -1.84. The highest BCUT2D eigenvalue weighted by Crippen LogP contribution is 2.20. The zero-order valence-corrected chi connectivity index (χ0v) is 8.36. The molecule has 0 saturated carbocycles. The topological polar surface area (TPSA) is 58.9 Å². The monoisotopic (exact) mass is 205 g/mol. The van der Waals surface area contributed by atoms with Gasteiger partial charge in [-0.25, -0.2) is 4.99 Å². The molecule has 2 rings (SSSR count). The molecule has 0 radical (unpaired) electrons. The summed E-state index contributed by atoms with van der Waals surface area (Å²) in [6.07, 6.45) is 0. The lowest BCUT2D eigenvalue weighted by molar-refractivity contribution is 0.101. The summed E-state index contributed by atoms with van der Waals surface area (Å²) in [5.41, 5.74) is 1.03. The Morgan fingerprint density at radius 1 is 1.53 bits per heavy atom. The number of phenolic OH excluding ortho intramolecular Hbond substituents is 1. The predicted octanol–water partition coefficient (Wildman–Crippen LogP) is 1.37. The van der Waals surface area contributed by atoms with Gasteiger partial charge < -0.3 is 9.84 Å². The van der Waals surface area contributed by atoms with Crippen molar-refractivity contribution in [1.29, 1.82) is 0 Å². The lowest BCUT2D eigenvalue weighted by Crippen LogP contribution is -2.03. The second kappa shape index (κ2) is 3.73. The van der Waals surface area contributed by atoms with Gasteiger partial charge in [0.1, 0.15) is 12.4 Å². The van der Waals surface area contributed by atoms with Gasteiger partial charge >= 0.3 is 0 Å². The van der Waals surface area contributed by atoms with E-state index in [4.69, 9.17) is 4.74 Å². The minimum absolute atomic E-state index is 0.00940. The lowest BCUT2D eigenvalue weighted by Gasteiger charge is -2.05. The molecule has 0 saturated heterocycles. The lowest BCUT2D eigenvalue weighted by atomic mass is 10.1. The number of hydrogen-bond acceptors (Lipinski definition) is 4. The summed E-state index contributed by atoms with van der Waals surface area (Å²) >= 11 is 0. The number of benzene rings is 1. The maximum Gasteiger partial charge on any atom is 0.216 e. The summed E-state index contributed by atoms with van der Waals surface area (Å²) in [4.78, 5) is 15.3. The van der Waals surface area contributed by atoms with E-state index in [1.54, 1.807) is 12.1 Å². The Morgan fingerprint density at radius 2 is 2.33 bits per heavy atom. The minimum Gasteiger partial charge on any atom is -0.507 e. The molecule has 0 amide bonds. The Balaban J connectivity index is 2.42. The average molecular weight is 205 g/mol. The van der Waals surface area contributed by atoms with Gasteiger partial charge in [-0.3, -0.25) is 4.79 Å². The molecule has 78 valence electrons. The molecule has 1 aromatic carbocycles. The predicted molar refractivity (Wildman–Crippen MR) is 55.5 cm³/mol. The first-order valence-corrected chi connectivity index (χ1v) is 4.70. The van der Waals surface area contributed by atoms with Gasteiger partial charge in [0.25, 0.3) is 0 Å². The fourth-order valence-electron chi connectivity index (χ4n) is 1.46. The number of carbonyl (C=O) groups excluding carboxylic acids is 1. The minimum atomic E-state index is -0.173. The highest BCUT2D eigenvalue weighted by molar-refractivity contribution is 6.01. The Morgan fingerprint density at radius 3 is 2.93 bits per heavy atom. The van der Waals surface area contributed by atoms with Crippen LogP contribution in [-0.4, -0.2) is 29.9 Å². The van der Waals surface area contributed by atoms with Crippen molar-refractivity contribution < 1.29 is 14.6 Å². The Labute approximate surface area is 87.2 Å². The van der Waals surface area contributed by atoms with E-state index in [9.17, 15) is 9.90 Å². The zero-order chi connectivity index (χ0) is 10.8. The molecular weight excluding hydrogens is 194 g/mol. The summed E-state index contributed by atoms with van der Waals surface area (Å²) in [5, 5.41) is 9.45. The second-order valence-corrected chi connectivity index (χ2v) is 3.32. The quantitative estimate of drug-likeness (QED) is 0.742. The van der Waals surface area contributed by atoms with Crippen molar-refractivity contribution in [3.8, 4) is 5.75 Å². The summed E-state index contributed by atoms with van der Waals surface area (Å²) in [6.45, 7) is 2.63. The second-order valence-electron chi connectivity index (χ2n) is 3.32. The molecule has 4 heteroatoms. The number of phenols is 1. The van der Waals surface area contributed by atoms with Gasteiger partial charge in [-0.1, -0.05) is 0 Å². The fraction of sp³-hybridized carbons (Fsp3) is 0.273. The third kappa shape index (κ3) is 1.83. The van der Waals surface area contributed by atoms with Crippen molar-refractivity contribution in [1.82, 2.24) is 0 Å². The van der Waals surface area contributed by atoms with E-state index < -0.39 is 0 Å². The normalized spacial score (nSPS) is 14.6. The van der Waals surface area contributed by atoms with E-state index in [1.165, 1.54) is 13.0 Å². The fourth-order valence-corrected chi connectivity index (χ4v) is 1.46. The van der Waals surface area contributed by atoms with E-state index in [-0.39, 0.29) is 11.5 Å². The van der Waals surface area contributed by atoms with E-state index >= 15 is 0 Å². The summed E-state index contributed by atoms with van der Waals surface area (Å²) in [5.74, 6) is 0.357. The molecule has 1 aromatic rings. The SMILES string of the molecule is CC(=O)c1cc(C2=NCCO2)ccc1O. The number of ether oxygens (including phenoxy) is 1. The van der Waals surface area contributed by atoms with Crippen LogP contribution in [0, 0.1) is 0 Å². The zero-order valence-electron chi connectivity index (χ0n) is 8.36. The molecule has 1 heterocycles. The van der Waals surface area contributed by atoms with Gasteiger partial charge in [0.05, 0.1) is 12.1 Å². The highest BCUT2D eigenvalue weighted by atomic mass is 16.5. The number of nitrogens with zero attached hydrogens (tertiary/aromatic N) is 1. The molecule has 0 fully saturated rings. The molecule has 0 bridgehead atoms. The molecule has 0 aliphatic carbocycles. The van der Waals surface area contributed by atoms with Crippen LogP contribution in [0.3, 0.4) is 0 Å². The van der Waals surface area contributed by atoms with Gasteiger partial charge in [-0.15, -0.1) is 0 Å². The molecule has 0 spiro atoms. The van der Waals surface area contributed by atoms with Crippen molar-refractivity contribution in [2.24, 2.45) is 4.99 Å². The smallest absolute Gasteiger partial charge is 0.216 e. The standard InChI is InChI=1S/C11H11NO3/c1-7(13)9-6-8(2-3-10(9)14)11-12-4-5-15-11/h2-3,6,14H,4-5H2,1H3. The van der Waals surface area contributed by atoms with Crippen LogP contribution in [0.5, 0.6) is 5.75 Å². The third-order valence-electron chi connectivity index (χ3n) is 2.21. The van der Waals surface area contributed by atoms with E-state index in [0.29, 0.717) is 24.6 Å². The van der Waals surface area contributed by atoms with Gasteiger partial charge in [0.15, 0.2) is 5.78 Å². The number of rotatable bonds is 2. The number of aliphatic imine (C=N–C) groups is 1. The van der Waals surface area contributed by atoms with Crippen LogP contribution in [0.1, 0.15) is 22.8 Å². The number of carbonyl (C=O) groups is 1. The Kier molecular flexibility index (Phi) is 2.41. The van der Waals surface area contributed by atoms with Crippen molar-refractivity contribution in [3.63, 3.8) is 0 Å². The van der Waals surface area contributed by atoms with Gasteiger partial charge in [0.2, 0.25) is 5.90 Å². The van der Waals surface area contributed by atoms with Crippen LogP contribution in [0.2, 0.25) is 0 Å². The largest absolute Gasteiger partial charge is 0.507 e.